The predicted octanol–water partition coefficient (Wildman–Crippen LogP) is 2.46. The van der Waals surface area contributed by atoms with Crippen LogP contribution in [0.1, 0.15) is 5.69 Å². The second-order valence-corrected chi connectivity index (χ2v) is 11.0. The molecule has 2 heterocycles. The molecule has 0 aliphatic carbocycles. The van der Waals surface area contributed by atoms with Crippen LogP contribution in [0.3, 0.4) is 0 Å². The van der Waals surface area contributed by atoms with Crippen molar-refractivity contribution in [1.82, 2.24) is 13.9 Å². The van der Waals surface area contributed by atoms with Gasteiger partial charge in [0.2, 0.25) is 5.16 Å². The Balaban J connectivity index is 1.82. The van der Waals surface area contributed by atoms with Crippen molar-refractivity contribution in [2.24, 2.45) is 5.73 Å². The second kappa shape index (κ2) is 11.8. The van der Waals surface area contributed by atoms with Gasteiger partial charge < -0.3 is 24.7 Å². The lowest BCUT2D eigenvalue weighted by Gasteiger charge is -2.13. The summed E-state index contributed by atoms with van der Waals surface area (Å²) in [6.07, 6.45) is 1.41. The van der Waals surface area contributed by atoms with Crippen molar-refractivity contribution in [2.45, 2.75) is 22.4 Å². The zero-order valence-corrected chi connectivity index (χ0v) is 22.6. The first kappa shape index (κ1) is 28.7. The number of amides is 1. The highest BCUT2D eigenvalue weighted by Gasteiger charge is 2.29. The first-order valence-electron chi connectivity index (χ1n) is 11.2. The average molecular weight is 597 g/mol. The number of benzene rings is 2. The number of hydrogen-bond acceptors (Lipinski definition) is 10. The molecular formula is C24H22F2N4O8S2. The lowest BCUT2D eigenvalue weighted by Crippen LogP contribution is -2.20. The predicted molar refractivity (Wildman–Crippen MR) is 138 cm³/mol. The molecule has 0 spiro atoms. The van der Waals surface area contributed by atoms with Gasteiger partial charge in [0.1, 0.15) is 11.5 Å². The highest BCUT2D eigenvalue weighted by molar-refractivity contribution is 7.91. The zero-order valence-electron chi connectivity index (χ0n) is 20.9. The van der Waals surface area contributed by atoms with E-state index >= 15 is 0 Å². The van der Waals surface area contributed by atoms with E-state index in [1.807, 2.05) is 0 Å². The van der Waals surface area contributed by atoms with Crippen LogP contribution in [0, 0.1) is 0 Å². The fraction of sp³-hybridized carbons (Fsp3) is 0.208. The van der Waals surface area contributed by atoms with Crippen molar-refractivity contribution in [1.29, 1.82) is 0 Å². The number of fused-ring (bicyclic) bond motifs is 1. The molecule has 2 N–H and O–H groups in total. The van der Waals surface area contributed by atoms with Crippen molar-refractivity contribution in [2.75, 3.05) is 20.8 Å². The first-order valence-corrected chi connectivity index (χ1v) is 14.0. The van der Waals surface area contributed by atoms with Gasteiger partial charge in [-0.25, -0.2) is 17.4 Å². The topological polar surface area (TPSA) is 162 Å². The summed E-state index contributed by atoms with van der Waals surface area (Å²) in [4.78, 5) is 19.1. The maximum atomic E-state index is 13.8. The molecule has 4 rings (SSSR count). The van der Waals surface area contributed by atoms with E-state index in [2.05, 4.69) is 14.7 Å². The molecule has 40 heavy (non-hydrogen) atoms. The highest BCUT2D eigenvalue weighted by Crippen LogP contribution is 2.33. The second-order valence-electron chi connectivity index (χ2n) is 7.90. The van der Waals surface area contributed by atoms with Crippen LogP contribution in [0.25, 0.3) is 11.0 Å². The smallest absolute Gasteiger partial charge is 0.387 e. The standard InChI is InChI=1S/C24H22F2N4O8S2/c1-35-20-9-10-28-18(22(20)36-2)13-39(32)24-29-17-11-15(38-23(25)26)5-8-19(17)30(24)40(33,34)16-6-3-14(4-7-16)37-12-21(27)31/h3-11,23H,12-13H2,1-2H3,(H2,27,31). The van der Waals surface area contributed by atoms with Crippen LogP contribution < -0.4 is 24.7 Å². The summed E-state index contributed by atoms with van der Waals surface area (Å²) in [5.74, 6) is -0.609. The fourth-order valence-corrected chi connectivity index (χ4v) is 6.64. The molecule has 4 aromatic rings. The van der Waals surface area contributed by atoms with E-state index in [-0.39, 0.29) is 44.6 Å². The minimum Gasteiger partial charge on any atom is -0.493 e. The molecule has 0 aliphatic heterocycles. The van der Waals surface area contributed by atoms with Crippen molar-refractivity contribution in [3.63, 3.8) is 0 Å². The van der Waals surface area contributed by atoms with Gasteiger partial charge in [0.15, 0.2) is 18.1 Å². The zero-order chi connectivity index (χ0) is 29.0. The van der Waals surface area contributed by atoms with Crippen LogP contribution in [0.15, 0.2) is 64.8 Å². The molecule has 0 bridgehead atoms. The third-order valence-electron chi connectivity index (χ3n) is 5.36. The van der Waals surface area contributed by atoms with E-state index in [4.69, 9.17) is 19.9 Å². The van der Waals surface area contributed by atoms with Gasteiger partial charge in [0.05, 0.1) is 52.4 Å². The van der Waals surface area contributed by atoms with Gasteiger partial charge in [-0.05, 0) is 36.4 Å². The van der Waals surface area contributed by atoms with E-state index in [9.17, 15) is 26.2 Å². The molecule has 1 amide bonds. The average Bonchev–Trinajstić information content (AvgIpc) is 3.31. The number of carbonyl (C=O) groups excluding carboxylic acids is 1. The van der Waals surface area contributed by atoms with Gasteiger partial charge in [-0.2, -0.15) is 8.78 Å². The summed E-state index contributed by atoms with van der Waals surface area (Å²) in [5.41, 5.74) is 5.17. The molecular weight excluding hydrogens is 574 g/mol. The summed E-state index contributed by atoms with van der Waals surface area (Å²) in [7, 11) is -3.82. The lowest BCUT2D eigenvalue weighted by atomic mass is 10.3. The van der Waals surface area contributed by atoms with Crippen molar-refractivity contribution in [3.05, 3.63) is 60.4 Å². The van der Waals surface area contributed by atoms with Crippen LogP contribution >= 0.6 is 0 Å². The molecule has 16 heteroatoms. The number of primary amides is 1. The molecule has 2 aromatic carbocycles. The van der Waals surface area contributed by atoms with Crippen LogP contribution in [0.4, 0.5) is 8.78 Å². The number of methoxy groups -OCH3 is 2. The van der Waals surface area contributed by atoms with Crippen LogP contribution in [-0.2, 0) is 31.4 Å². The molecule has 212 valence electrons. The summed E-state index contributed by atoms with van der Waals surface area (Å²) in [6.45, 7) is -3.54. The number of hydrogen-bond donors (Lipinski definition) is 1. The quantitative estimate of drug-likeness (QED) is 0.257. The number of aromatic nitrogens is 3. The number of pyridine rings is 1. The number of ether oxygens (including phenoxy) is 4. The van der Waals surface area contributed by atoms with Crippen LogP contribution in [0.5, 0.6) is 23.0 Å². The number of alkyl halides is 2. The maximum absolute atomic E-state index is 13.8. The molecule has 1 unspecified atom stereocenters. The first-order chi connectivity index (χ1) is 19.0. The van der Waals surface area contributed by atoms with E-state index in [0.717, 1.165) is 16.1 Å². The van der Waals surface area contributed by atoms with Gasteiger partial charge in [-0.3, -0.25) is 14.0 Å². The number of nitrogens with two attached hydrogens (primary N) is 1. The third-order valence-corrected chi connectivity index (χ3v) is 8.41. The molecule has 0 fully saturated rings. The minimum absolute atomic E-state index is 0.0374. The van der Waals surface area contributed by atoms with Crippen LogP contribution in [-0.4, -0.2) is 59.9 Å². The Hall–Kier alpha value is -4.31. The van der Waals surface area contributed by atoms with E-state index in [1.165, 1.54) is 56.8 Å². The minimum atomic E-state index is -4.45. The molecule has 0 saturated carbocycles. The Bertz CT molecular complexity index is 1680. The molecule has 12 nitrogen and oxygen atoms in total. The van der Waals surface area contributed by atoms with Crippen molar-refractivity contribution >= 4 is 37.8 Å². The van der Waals surface area contributed by atoms with Gasteiger partial charge in [0.25, 0.3) is 15.9 Å². The Morgan fingerprint density at radius 2 is 1.77 bits per heavy atom. The Labute approximate surface area is 229 Å². The Kier molecular flexibility index (Phi) is 8.49. The van der Waals surface area contributed by atoms with Gasteiger partial charge in [0, 0.05) is 18.3 Å². The van der Waals surface area contributed by atoms with Crippen LogP contribution in [0.2, 0.25) is 0 Å². The molecule has 2 aromatic heterocycles. The van der Waals surface area contributed by atoms with Gasteiger partial charge >= 0.3 is 6.61 Å². The van der Waals surface area contributed by atoms with E-state index < -0.39 is 45.1 Å². The normalized spacial score (nSPS) is 12.3. The van der Waals surface area contributed by atoms with Gasteiger partial charge in [-0.15, -0.1) is 0 Å². The van der Waals surface area contributed by atoms with E-state index in [1.54, 1.807) is 0 Å². The summed E-state index contributed by atoms with van der Waals surface area (Å²) in [5, 5.41) is -0.398. The largest absolute Gasteiger partial charge is 0.493 e. The molecule has 0 radical (unpaired) electrons. The summed E-state index contributed by atoms with van der Waals surface area (Å²) < 4.78 is 87.8. The number of carbonyl (C=O) groups is 1. The number of imidazole rings is 1. The van der Waals surface area contributed by atoms with Crippen molar-refractivity contribution in [3.8, 4) is 23.0 Å². The SMILES string of the molecule is COc1ccnc(CS(=O)c2nc3cc(OC(F)F)ccc3n2S(=O)(=O)c2ccc(OCC(N)=O)cc2)c1OC. The molecule has 0 saturated heterocycles. The third kappa shape index (κ3) is 5.96. The number of rotatable bonds is 12. The fourth-order valence-electron chi connectivity index (χ4n) is 3.68. The summed E-state index contributed by atoms with van der Waals surface area (Å²) in [6, 6.07) is 10.0. The van der Waals surface area contributed by atoms with E-state index in [0.29, 0.717) is 5.75 Å². The molecule has 0 aliphatic rings. The monoisotopic (exact) mass is 596 g/mol. The summed E-state index contributed by atoms with van der Waals surface area (Å²) >= 11 is 0. The van der Waals surface area contributed by atoms with Crippen molar-refractivity contribution < 1.29 is 45.1 Å². The highest BCUT2D eigenvalue weighted by atomic mass is 32.2. The number of nitrogens with zero attached hydrogens (tertiary/aromatic N) is 3. The molecule has 1 atom stereocenters. The Morgan fingerprint density at radius 1 is 1.07 bits per heavy atom. The Morgan fingerprint density at radius 3 is 2.40 bits per heavy atom. The number of halogens is 2. The van der Waals surface area contributed by atoms with Gasteiger partial charge in [-0.1, -0.05) is 0 Å². The lowest BCUT2D eigenvalue weighted by molar-refractivity contribution is -0.119. The maximum Gasteiger partial charge on any atom is 0.387 e.